The van der Waals surface area contributed by atoms with Gasteiger partial charge in [0.25, 0.3) is 0 Å². The van der Waals surface area contributed by atoms with E-state index in [0.29, 0.717) is 5.88 Å². The number of nitrogens with one attached hydrogen (secondary N) is 1. The van der Waals surface area contributed by atoms with Crippen molar-refractivity contribution < 1.29 is 0 Å². The van der Waals surface area contributed by atoms with Crippen molar-refractivity contribution in [1.82, 2.24) is 4.98 Å². The van der Waals surface area contributed by atoms with E-state index in [2.05, 4.69) is 39.9 Å². The number of benzene rings is 1. The summed E-state index contributed by atoms with van der Waals surface area (Å²) in [6.07, 6.45) is 0.924. The summed E-state index contributed by atoms with van der Waals surface area (Å²) >= 11 is 7.38. The molecule has 0 aliphatic rings. The molecule has 2 nitrogen and oxygen atoms in total. The predicted octanol–water partition coefficient (Wildman–Crippen LogP) is 3.84. The Labute approximate surface area is 111 Å². The van der Waals surface area contributed by atoms with E-state index in [9.17, 15) is 0 Å². The molecule has 90 valence electrons. The highest BCUT2D eigenvalue weighted by molar-refractivity contribution is 7.09. The number of hydrogen-bond donors (Lipinski definition) is 1. The van der Waals surface area contributed by atoms with Crippen molar-refractivity contribution in [2.75, 3.05) is 11.2 Å². The molecule has 0 unspecified atom stereocenters. The van der Waals surface area contributed by atoms with Gasteiger partial charge in [0, 0.05) is 16.9 Å². The summed E-state index contributed by atoms with van der Waals surface area (Å²) < 4.78 is 0. The number of thiazole rings is 1. The first-order valence-electron chi connectivity index (χ1n) is 5.58. The standard InChI is InChI=1S/C13H15ClN2S/c1-10-16-13(9-17-10)8-15-12-4-2-11(3-5-12)6-7-14/h2-5,9,15H,6-8H2,1H3. The molecule has 0 atom stereocenters. The monoisotopic (exact) mass is 266 g/mol. The van der Waals surface area contributed by atoms with Gasteiger partial charge < -0.3 is 5.32 Å². The van der Waals surface area contributed by atoms with Crippen LogP contribution in [0.5, 0.6) is 0 Å². The van der Waals surface area contributed by atoms with E-state index in [1.54, 1.807) is 11.3 Å². The smallest absolute Gasteiger partial charge is 0.0898 e. The molecule has 1 heterocycles. The molecule has 0 amide bonds. The van der Waals surface area contributed by atoms with Crippen molar-refractivity contribution in [3.8, 4) is 0 Å². The van der Waals surface area contributed by atoms with E-state index in [0.717, 1.165) is 29.4 Å². The van der Waals surface area contributed by atoms with Gasteiger partial charge in [0.05, 0.1) is 17.2 Å². The fourth-order valence-electron chi connectivity index (χ4n) is 1.58. The number of anilines is 1. The largest absolute Gasteiger partial charge is 0.379 e. The van der Waals surface area contributed by atoms with E-state index in [4.69, 9.17) is 11.6 Å². The quantitative estimate of drug-likeness (QED) is 0.832. The number of nitrogens with zero attached hydrogens (tertiary/aromatic N) is 1. The summed E-state index contributed by atoms with van der Waals surface area (Å²) in [6.45, 7) is 2.80. The molecule has 4 heteroatoms. The van der Waals surface area contributed by atoms with Gasteiger partial charge in [-0.1, -0.05) is 12.1 Å². The summed E-state index contributed by atoms with van der Waals surface area (Å²) in [5.41, 5.74) is 3.49. The van der Waals surface area contributed by atoms with Gasteiger partial charge in [-0.15, -0.1) is 22.9 Å². The van der Waals surface area contributed by atoms with Gasteiger partial charge in [0.2, 0.25) is 0 Å². The first-order chi connectivity index (χ1) is 8.28. The molecule has 0 spiro atoms. The minimum atomic E-state index is 0.672. The molecule has 1 aromatic carbocycles. The van der Waals surface area contributed by atoms with Crippen LogP contribution in [0.25, 0.3) is 0 Å². The Morgan fingerprint density at radius 3 is 2.65 bits per heavy atom. The summed E-state index contributed by atoms with van der Waals surface area (Å²) in [5.74, 6) is 0.672. The second kappa shape index (κ2) is 6.03. The highest BCUT2D eigenvalue weighted by Crippen LogP contribution is 2.13. The molecule has 0 fully saturated rings. The van der Waals surface area contributed by atoms with Gasteiger partial charge in [0.15, 0.2) is 0 Å². The number of hydrogen-bond acceptors (Lipinski definition) is 3. The molecule has 17 heavy (non-hydrogen) atoms. The molecule has 0 aliphatic heterocycles. The molecule has 0 aliphatic carbocycles. The Morgan fingerprint density at radius 1 is 1.29 bits per heavy atom. The molecule has 0 radical (unpaired) electrons. The van der Waals surface area contributed by atoms with Crippen molar-refractivity contribution >= 4 is 28.6 Å². The number of alkyl halides is 1. The lowest BCUT2D eigenvalue weighted by Crippen LogP contribution is -1.99. The lowest BCUT2D eigenvalue weighted by molar-refractivity contribution is 1.05. The lowest BCUT2D eigenvalue weighted by atomic mass is 10.1. The van der Waals surface area contributed by atoms with Gasteiger partial charge in [-0.2, -0.15) is 0 Å². The second-order valence-corrected chi connectivity index (χ2v) is 5.29. The molecular formula is C13H15ClN2S. The Morgan fingerprint density at radius 2 is 2.06 bits per heavy atom. The highest BCUT2D eigenvalue weighted by atomic mass is 35.5. The number of halogens is 1. The van der Waals surface area contributed by atoms with Crippen LogP contribution in [0.4, 0.5) is 5.69 Å². The third kappa shape index (κ3) is 3.72. The molecule has 0 bridgehead atoms. The normalized spacial score (nSPS) is 10.5. The van der Waals surface area contributed by atoms with Crippen molar-refractivity contribution in [1.29, 1.82) is 0 Å². The molecule has 2 aromatic rings. The van der Waals surface area contributed by atoms with Gasteiger partial charge >= 0.3 is 0 Å². The summed E-state index contributed by atoms with van der Waals surface area (Å²) in [5, 5.41) is 6.55. The minimum Gasteiger partial charge on any atom is -0.379 e. The maximum absolute atomic E-state index is 5.70. The van der Waals surface area contributed by atoms with E-state index >= 15 is 0 Å². The van der Waals surface area contributed by atoms with Crippen molar-refractivity contribution in [3.63, 3.8) is 0 Å². The van der Waals surface area contributed by atoms with E-state index in [-0.39, 0.29) is 0 Å². The van der Waals surface area contributed by atoms with E-state index in [1.807, 2.05) is 6.92 Å². The third-order valence-corrected chi connectivity index (χ3v) is 3.49. The first kappa shape index (κ1) is 12.4. The maximum atomic E-state index is 5.70. The molecule has 0 saturated carbocycles. The third-order valence-electron chi connectivity index (χ3n) is 2.48. The molecule has 1 aromatic heterocycles. The molecular weight excluding hydrogens is 252 g/mol. The fourth-order valence-corrected chi connectivity index (χ4v) is 2.41. The van der Waals surface area contributed by atoms with Crippen LogP contribution in [0.2, 0.25) is 0 Å². The Kier molecular flexibility index (Phi) is 4.40. The zero-order valence-corrected chi connectivity index (χ0v) is 11.3. The molecule has 0 saturated heterocycles. The number of aryl methyl sites for hydroxylation is 2. The van der Waals surface area contributed by atoms with Gasteiger partial charge in [-0.25, -0.2) is 4.98 Å². The SMILES string of the molecule is Cc1nc(CNc2ccc(CCCl)cc2)cs1. The van der Waals surface area contributed by atoms with Crippen molar-refractivity contribution in [2.24, 2.45) is 0 Å². The highest BCUT2D eigenvalue weighted by Gasteiger charge is 1.98. The van der Waals surface area contributed by atoms with Crippen LogP contribution in [0.15, 0.2) is 29.6 Å². The van der Waals surface area contributed by atoms with E-state index < -0.39 is 0 Å². The van der Waals surface area contributed by atoms with Gasteiger partial charge in [-0.05, 0) is 31.0 Å². The summed E-state index contributed by atoms with van der Waals surface area (Å²) in [4.78, 5) is 4.41. The summed E-state index contributed by atoms with van der Waals surface area (Å²) in [6, 6.07) is 8.39. The maximum Gasteiger partial charge on any atom is 0.0898 e. The predicted molar refractivity (Wildman–Crippen MR) is 75.0 cm³/mol. The van der Waals surface area contributed by atoms with Crippen LogP contribution < -0.4 is 5.32 Å². The van der Waals surface area contributed by atoms with E-state index in [1.165, 1.54) is 5.56 Å². The zero-order chi connectivity index (χ0) is 12.1. The van der Waals surface area contributed by atoms with Gasteiger partial charge in [0.1, 0.15) is 0 Å². The first-order valence-corrected chi connectivity index (χ1v) is 6.99. The Bertz CT molecular complexity index is 465. The van der Waals surface area contributed by atoms with Crippen molar-refractivity contribution in [3.05, 3.63) is 45.9 Å². The van der Waals surface area contributed by atoms with Crippen LogP contribution in [0, 0.1) is 6.92 Å². The van der Waals surface area contributed by atoms with Gasteiger partial charge in [-0.3, -0.25) is 0 Å². The van der Waals surface area contributed by atoms with Crippen LogP contribution in [0.3, 0.4) is 0 Å². The van der Waals surface area contributed by atoms with Crippen LogP contribution in [-0.4, -0.2) is 10.9 Å². The minimum absolute atomic E-state index is 0.672. The van der Waals surface area contributed by atoms with Crippen molar-refractivity contribution in [2.45, 2.75) is 19.9 Å². The molecule has 1 N–H and O–H groups in total. The Balaban J connectivity index is 1.90. The molecule has 2 rings (SSSR count). The van der Waals surface area contributed by atoms with Crippen LogP contribution in [-0.2, 0) is 13.0 Å². The Hall–Kier alpha value is -1.06. The lowest BCUT2D eigenvalue weighted by Gasteiger charge is -2.05. The number of aromatic nitrogens is 1. The average molecular weight is 267 g/mol. The second-order valence-electron chi connectivity index (χ2n) is 3.85. The van der Waals surface area contributed by atoms with Crippen LogP contribution >= 0.6 is 22.9 Å². The topological polar surface area (TPSA) is 24.9 Å². The average Bonchev–Trinajstić information content (AvgIpc) is 2.75. The number of rotatable bonds is 5. The summed E-state index contributed by atoms with van der Waals surface area (Å²) in [7, 11) is 0. The fraction of sp³-hybridized carbons (Fsp3) is 0.308. The van der Waals surface area contributed by atoms with Crippen LogP contribution in [0.1, 0.15) is 16.3 Å². The zero-order valence-electron chi connectivity index (χ0n) is 9.74.